The molecule has 0 spiro atoms. The summed E-state index contributed by atoms with van der Waals surface area (Å²) in [6.07, 6.45) is 0.400. The van der Waals surface area contributed by atoms with Crippen LogP contribution in [0.3, 0.4) is 0 Å². The van der Waals surface area contributed by atoms with Crippen LogP contribution in [0.15, 0.2) is 29.6 Å². The molecule has 2 N–H and O–H groups in total. The van der Waals surface area contributed by atoms with Crippen molar-refractivity contribution in [3.63, 3.8) is 0 Å². The number of anilines is 1. The van der Waals surface area contributed by atoms with E-state index in [1.54, 1.807) is 12.1 Å². The summed E-state index contributed by atoms with van der Waals surface area (Å²) in [5, 5.41) is 15.6. The lowest BCUT2D eigenvalue weighted by molar-refractivity contribution is 0.161. The first-order chi connectivity index (χ1) is 9.54. The van der Waals surface area contributed by atoms with E-state index in [1.165, 1.54) is 23.5 Å². The van der Waals surface area contributed by atoms with Gasteiger partial charge in [-0.05, 0) is 36.6 Å². The summed E-state index contributed by atoms with van der Waals surface area (Å²) >= 11 is 1.48. The number of hydrogen-bond donors (Lipinski definition) is 2. The number of nitrogens with one attached hydrogen (secondary N) is 1. The summed E-state index contributed by atoms with van der Waals surface area (Å²) in [5.74, 6) is 0.219. The molecule has 0 saturated carbocycles. The van der Waals surface area contributed by atoms with Gasteiger partial charge in [-0.2, -0.15) is 0 Å². The summed E-state index contributed by atoms with van der Waals surface area (Å²) in [4.78, 5) is 4.44. The lowest BCUT2D eigenvalue weighted by atomic mass is 10.1. The Hall–Kier alpha value is -1.46. The molecule has 5 heteroatoms. The zero-order valence-electron chi connectivity index (χ0n) is 11.6. The summed E-state index contributed by atoms with van der Waals surface area (Å²) in [6.45, 7) is 4.66. The predicted octanol–water partition coefficient (Wildman–Crippen LogP) is 3.77. The van der Waals surface area contributed by atoms with Gasteiger partial charge in [-0.1, -0.05) is 13.8 Å². The molecule has 20 heavy (non-hydrogen) atoms. The smallest absolute Gasteiger partial charge is 0.183 e. The molecule has 1 aromatic heterocycles. The van der Waals surface area contributed by atoms with Crippen LogP contribution >= 0.6 is 11.3 Å². The second-order valence-corrected chi connectivity index (χ2v) is 6.07. The quantitative estimate of drug-likeness (QED) is 0.852. The van der Waals surface area contributed by atoms with Gasteiger partial charge in [0.15, 0.2) is 5.13 Å². The van der Waals surface area contributed by atoms with Crippen molar-refractivity contribution in [2.75, 3.05) is 11.9 Å². The highest BCUT2D eigenvalue weighted by atomic mass is 32.1. The lowest BCUT2D eigenvalue weighted by Crippen LogP contribution is -2.21. The first-order valence-corrected chi connectivity index (χ1v) is 7.56. The number of aromatic nitrogens is 1. The van der Waals surface area contributed by atoms with E-state index in [1.807, 2.05) is 5.38 Å². The number of aliphatic hydroxyl groups is 1. The molecule has 2 aromatic rings. The van der Waals surface area contributed by atoms with Crippen molar-refractivity contribution in [3.8, 4) is 11.3 Å². The summed E-state index contributed by atoms with van der Waals surface area (Å²) in [7, 11) is 0. The van der Waals surface area contributed by atoms with Crippen molar-refractivity contribution < 1.29 is 9.50 Å². The average Bonchev–Trinajstić information content (AvgIpc) is 2.85. The van der Waals surface area contributed by atoms with Crippen LogP contribution in [0.4, 0.5) is 9.52 Å². The molecule has 0 aliphatic carbocycles. The van der Waals surface area contributed by atoms with Gasteiger partial charge in [-0.25, -0.2) is 9.37 Å². The predicted molar refractivity (Wildman–Crippen MR) is 81.5 cm³/mol. The summed E-state index contributed by atoms with van der Waals surface area (Å²) < 4.78 is 12.9. The van der Waals surface area contributed by atoms with Crippen molar-refractivity contribution in [2.24, 2.45) is 5.92 Å². The third-order valence-electron chi connectivity index (χ3n) is 2.88. The Kier molecular flexibility index (Phi) is 5.09. The fraction of sp³-hybridized carbons (Fsp3) is 0.400. The fourth-order valence-electron chi connectivity index (χ4n) is 1.94. The Labute approximate surface area is 122 Å². The summed E-state index contributed by atoms with van der Waals surface area (Å²) in [6, 6.07) is 6.27. The maximum Gasteiger partial charge on any atom is 0.183 e. The standard InChI is InChI=1S/C15H19FN2OS/c1-10(2)7-13(19)8-17-15-18-14(9-20-15)11-3-5-12(16)6-4-11/h3-6,9-10,13,19H,7-8H2,1-2H3,(H,17,18). The number of rotatable bonds is 6. The van der Waals surface area contributed by atoms with E-state index in [4.69, 9.17) is 0 Å². The molecule has 0 aliphatic heterocycles. The second-order valence-electron chi connectivity index (χ2n) is 5.21. The molecule has 0 radical (unpaired) electrons. The van der Waals surface area contributed by atoms with E-state index in [0.717, 1.165) is 22.8 Å². The van der Waals surface area contributed by atoms with E-state index < -0.39 is 0 Å². The van der Waals surface area contributed by atoms with Crippen LogP contribution in [0, 0.1) is 11.7 Å². The van der Waals surface area contributed by atoms with Crippen LogP contribution in [0.2, 0.25) is 0 Å². The molecule has 1 heterocycles. The van der Waals surface area contributed by atoms with Crippen LogP contribution in [-0.2, 0) is 0 Å². The van der Waals surface area contributed by atoms with Gasteiger partial charge < -0.3 is 10.4 Å². The van der Waals surface area contributed by atoms with Gasteiger partial charge in [0.2, 0.25) is 0 Å². The zero-order valence-corrected chi connectivity index (χ0v) is 12.5. The largest absolute Gasteiger partial charge is 0.391 e. The van der Waals surface area contributed by atoms with Crippen LogP contribution < -0.4 is 5.32 Å². The van der Waals surface area contributed by atoms with Gasteiger partial charge >= 0.3 is 0 Å². The Morgan fingerprint density at radius 3 is 2.65 bits per heavy atom. The maximum atomic E-state index is 12.9. The Morgan fingerprint density at radius 2 is 2.00 bits per heavy atom. The molecule has 0 aliphatic rings. The van der Waals surface area contributed by atoms with Crippen molar-refractivity contribution in [2.45, 2.75) is 26.4 Å². The van der Waals surface area contributed by atoms with Crippen molar-refractivity contribution in [3.05, 3.63) is 35.5 Å². The first kappa shape index (κ1) is 14.9. The van der Waals surface area contributed by atoms with Crippen LogP contribution in [-0.4, -0.2) is 22.7 Å². The van der Waals surface area contributed by atoms with Crippen LogP contribution in [0.5, 0.6) is 0 Å². The van der Waals surface area contributed by atoms with Crippen molar-refractivity contribution in [1.82, 2.24) is 4.98 Å². The van der Waals surface area contributed by atoms with Gasteiger partial charge in [-0.15, -0.1) is 11.3 Å². The Balaban J connectivity index is 1.94. The van der Waals surface area contributed by atoms with Crippen LogP contribution in [0.1, 0.15) is 20.3 Å². The van der Waals surface area contributed by atoms with E-state index in [9.17, 15) is 9.50 Å². The number of nitrogens with zero attached hydrogens (tertiary/aromatic N) is 1. The molecule has 1 atom stereocenters. The van der Waals surface area contributed by atoms with E-state index in [2.05, 4.69) is 24.1 Å². The molecular formula is C15H19FN2OS. The first-order valence-electron chi connectivity index (χ1n) is 6.68. The van der Waals surface area contributed by atoms with Gasteiger partial charge in [0.25, 0.3) is 0 Å². The van der Waals surface area contributed by atoms with Crippen molar-refractivity contribution in [1.29, 1.82) is 0 Å². The average molecular weight is 294 g/mol. The highest BCUT2D eigenvalue weighted by molar-refractivity contribution is 7.14. The monoisotopic (exact) mass is 294 g/mol. The normalized spacial score (nSPS) is 12.7. The third kappa shape index (κ3) is 4.28. The number of thiazole rings is 1. The lowest BCUT2D eigenvalue weighted by Gasteiger charge is -2.12. The molecular weight excluding hydrogens is 275 g/mol. The highest BCUT2D eigenvalue weighted by Gasteiger charge is 2.09. The van der Waals surface area contributed by atoms with E-state index >= 15 is 0 Å². The zero-order chi connectivity index (χ0) is 14.5. The molecule has 0 amide bonds. The minimum absolute atomic E-state index is 0.251. The number of benzene rings is 1. The minimum Gasteiger partial charge on any atom is -0.391 e. The molecule has 108 valence electrons. The molecule has 0 fully saturated rings. The molecule has 1 unspecified atom stereocenters. The Bertz CT molecular complexity index is 539. The third-order valence-corrected chi connectivity index (χ3v) is 3.68. The van der Waals surface area contributed by atoms with E-state index in [0.29, 0.717) is 12.5 Å². The summed E-state index contributed by atoms with van der Waals surface area (Å²) in [5.41, 5.74) is 1.70. The fourth-order valence-corrected chi connectivity index (χ4v) is 2.67. The highest BCUT2D eigenvalue weighted by Crippen LogP contribution is 2.25. The molecule has 2 rings (SSSR count). The van der Waals surface area contributed by atoms with E-state index in [-0.39, 0.29) is 11.9 Å². The molecule has 0 saturated heterocycles. The van der Waals surface area contributed by atoms with Crippen molar-refractivity contribution >= 4 is 16.5 Å². The Morgan fingerprint density at radius 1 is 1.30 bits per heavy atom. The molecule has 0 bridgehead atoms. The number of halogens is 1. The molecule has 3 nitrogen and oxygen atoms in total. The van der Waals surface area contributed by atoms with Gasteiger partial charge in [0, 0.05) is 17.5 Å². The SMILES string of the molecule is CC(C)CC(O)CNc1nc(-c2ccc(F)cc2)cs1. The van der Waals surface area contributed by atoms with Gasteiger partial charge in [0.1, 0.15) is 5.82 Å². The number of aliphatic hydroxyl groups excluding tert-OH is 1. The molecule has 1 aromatic carbocycles. The second kappa shape index (κ2) is 6.81. The van der Waals surface area contributed by atoms with Crippen LogP contribution in [0.25, 0.3) is 11.3 Å². The minimum atomic E-state index is -0.367. The van der Waals surface area contributed by atoms with Gasteiger partial charge in [0.05, 0.1) is 11.8 Å². The topological polar surface area (TPSA) is 45.1 Å². The van der Waals surface area contributed by atoms with Gasteiger partial charge in [-0.3, -0.25) is 0 Å². The maximum absolute atomic E-state index is 12.9. The number of hydrogen-bond acceptors (Lipinski definition) is 4.